The molecule has 1 aromatic heterocycles. The van der Waals surface area contributed by atoms with Crippen molar-refractivity contribution in [3.05, 3.63) is 18.2 Å². The lowest BCUT2D eigenvalue weighted by Crippen LogP contribution is -2.35. The van der Waals surface area contributed by atoms with Crippen molar-refractivity contribution in [3.63, 3.8) is 0 Å². The number of anilines is 2. The van der Waals surface area contributed by atoms with Gasteiger partial charge in [0.2, 0.25) is 5.91 Å². The summed E-state index contributed by atoms with van der Waals surface area (Å²) in [4.78, 5) is 19.3. The molecule has 2 N–H and O–H groups in total. The van der Waals surface area contributed by atoms with Crippen molar-refractivity contribution >= 4 is 17.3 Å². The molecule has 0 saturated carbocycles. The van der Waals surface area contributed by atoms with Crippen molar-refractivity contribution in [3.8, 4) is 0 Å². The third kappa shape index (κ3) is 2.11. The van der Waals surface area contributed by atoms with E-state index < -0.39 is 5.82 Å². The summed E-state index contributed by atoms with van der Waals surface area (Å²) in [5.74, 6) is -0.177. The first-order valence-electron chi connectivity index (χ1n) is 6.60. The highest BCUT2D eigenvalue weighted by Gasteiger charge is 2.33. The van der Waals surface area contributed by atoms with Gasteiger partial charge in [-0.2, -0.15) is 0 Å². The standard InChI is InChI=1S/C13H17FN4O/c14-10-7-16-8-11(15)13(10)17-4-3-9-1-2-12(19)18(9)6-5-17/h7-9H,1-6,15H2/t9-/m0/s1. The molecule has 2 saturated heterocycles. The Morgan fingerprint density at radius 1 is 1.26 bits per heavy atom. The zero-order chi connectivity index (χ0) is 13.4. The lowest BCUT2D eigenvalue weighted by molar-refractivity contribution is -0.128. The predicted octanol–water partition coefficient (Wildman–Crippen LogP) is 1.00. The van der Waals surface area contributed by atoms with Gasteiger partial charge in [0.05, 0.1) is 23.8 Å². The van der Waals surface area contributed by atoms with Crippen LogP contribution in [0.5, 0.6) is 0 Å². The maximum atomic E-state index is 13.9. The number of halogens is 1. The van der Waals surface area contributed by atoms with Crippen molar-refractivity contribution < 1.29 is 9.18 Å². The molecule has 2 aliphatic rings. The number of nitrogens with zero attached hydrogens (tertiary/aromatic N) is 3. The number of amides is 1. The van der Waals surface area contributed by atoms with E-state index in [2.05, 4.69) is 4.98 Å². The van der Waals surface area contributed by atoms with Gasteiger partial charge in [-0.25, -0.2) is 4.39 Å². The fraction of sp³-hybridized carbons (Fsp3) is 0.538. The van der Waals surface area contributed by atoms with Crippen molar-refractivity contribution in [2.75, 3.05) is 30.3 Å². The Labute approximate surface area is 111 Å². The first kappa shape index (κ1) is 12.2. The molecule has 3 rings (SSSR count). The van der Waals surface area contributed by atoms with Crippen LogP contribution in [-0.4, -0.2) is 41.5 Å². The average molecular weight is 264 g/mol. The molecule has 0 unspecified atom stereocenters. The quantitative estimate of drug-likeness (QED) is 0.822. The number of pyridine rings is 1. The molecule has 0 spiro atoms. The molecule has 1 aromatic rings. The Kier molecular flexibility index (Phi) is 3.00. The van der Waals surface area contributed by atoms with Crippen LogP contribution in [-0.2, 0) is 4.79 Å². The molecule has 102 valence electrons. The predicted molar refractivity (Wildman–Crippen MR) is 70.2 cm³/mol. The van der Waals surface area contributed by atoms with Crippen molar-refractivity contribution in [2.24, 2.45) is 0 Å². The van der Waals surface area contributed by atoms with Crippen LogP contribution in [0.15, 0.2) is 12.4 Å². The molecule has 2 fully saturated rings. The molecule has 19 heavy (non-hydrogen) atoms. The molecule has 3 heterocycles. The van der Waals surface area contributed by atoms with Crippen molar-refractivity contribution in [1.29, 1.82) is 0 Å². The molecule has 2 aliphatic heterocycles. The highest BCUT2D eigenvalue weighted by Crippen LogP contribution is 2.30. The summed E-state index contributed by atoms with van der Waals surface area (Å²) in [6, 6.07) is 0.309. The summed E-state index contributed by atoms with van der Waals surface area (Å²) in [6.45, 7) is 1.98. The van der Waals surface area contributed by atoms with E-state index in [-0.39, 0.29) is 5.91 Å². The van der Waals surface area contributed by atoms with Crippen LogP contribution < -0.4 is 10.6 Å². The summed E-state index contributed by atoms with van der Waals surface area (Å²) in [7, 11) is 0. The minimum Gasteiger partial charge on any atom is -0.396 e. The summed E-state index contributed by atoms with van der Waals surface area (Å²) in [6.07, 6.45) is 5.09. The van der Waals surface area contributed by atoms with Gasteiger partial charge < -0.3 is 15.5 Å². The van der Waals surface area contributed by atoms with Gasteiger partial charge in [-0.1, -0.05) is 0 Å². The van der Waals surface area contributed by atoms with E-state index in [0.29, 0.717) is 36.9 Å². The Morgan fingerprint density at radius 3 is 2.89 bits per heavy atom. The van der Waals surface area contributed by atoms with Crippen molar-refractivity contribution in [1.82, 2.24) is 9.88 Å². The second-order valence-corrected chi connectivity index (χ2v) is 5.11. The van der Waals surface area contributed by atoms with E-state index in [1.54, 1.807) is 0 Å². The van der Waals surface area contributed by atoms with Gasteiger partial charge in [-0.15, -0.1) is 0 Å². The Balaban J connectivity index is 1.82. The fourth-order valence-electron chi connectivity index (χ4n) is 3.05. The summed E-state index contributed by atoms with van der Waals surface area (Å²) in [5, 5.41) is 0. The average Bonchev–Trinajstić information content (AvgIpc) is 2.60. The number of hydrogen-bond donors (Lipinski definition) is 1. The maximum absolute atomic E-state index is 13.9. The first-order valence-corrected chi connectivity index (χ1v) is 6.60. The fourth-order valence-corrected chi connectivity index (χ4v) is 3.05. The van der Waals surface area contributed by atoms with Gasteiger partial charge in [0.25, 0.3) is 0 Å². The highest BCUT2D eigenvalue weighted by atomic mass is 19.1. The monoisotopic (exact) mass is 264 g/mol. The van der Waals surface area contributed by atoms with Crippen LogP contribution in [0.4, 0.5) is 15.8 Å². The van der Waals surface area contributed by atoms with E-state index in [0.717, 1.165) is 19.4 Å². The number of nitrogen functional groups attached to an aromatic ring is 1. The third-order valence-corrected chi connectivity index (χ3v) is 4.01. The number of fused-ring (bicyclic) bond motifs is 1. The zero-order valence-electron chi connectivity index (χ0n) is 10.7. The van der Waals surface area contributed by atoms with Gasteiger partial charge in [-0.05, 0) is 12.8 Å². The summed E-state index contributed by atoms with van der Waals surface area (Å²) >= 11 is 0. The minimum absolute atomic E-state index is 0.218. The lowest BCUT2D eigenvalue weighted by Gasteiger charge is -2.24. The highest BCUT2D eigenvalue weighted by molar-refractivity contribution is 5.79. The molecule has 5 nitrogen and oxygen atoms in total. The van der Waals surface area contributed by atoms with E-state index in [4.69, 9.17) is 5.73 Å². The van der Waals surface area contributed by atoms with Crippen LogP contribution in [0.25, 0.3) is 0 Å². The van der Waals surface area contributed by atoms with E-state index in [1.807, 2.05) is 9.80 Å². The van der Waals surface area contributed by atoms with Gasteiger partial charge in [0.15, 0.2) is 5.82 Å². The van der Waals surface area contributed by atoms with Crippen LogP contribution in [0.1, 0.15) is 19.3 Å². The number of carbonyl (C=O) groups is 1. The molecule has 1 atom stereocenters. The van der Waals surface area contributed by atoms with E-state index >= 15 is 0 Å². The molecule has 0 aromatic carbocycles. The van der Waals surface area contributed by atoms with Crippen LogP contribution in [0, 0.1) is 5.82 Å². The van der Waals surface area contributed by atoms with Crippen LogP contribution in [0.3, 0.4) is 0 Å². The molecular weight excluding hydrogens is 247 g/mol. The Morgan fingerprint density at radius 2 is 2.11 bits per heavy atom. The van der Waals surface area contributed by atoms with E-state index in [9.17, 15) is 9.18 Å². The largest absolute Gasteiger partial charge is 0.396 e. The molecule has 0 bridgehead atoms. The van der Waals surface area contributed by atoms with E-state index in [1.165, 1.54) is 12.4 Å². The summed E-state index contributed by atoms with van der Waals surface area (Å²) in [5.41, 5.74) is 6.60. The molecule has 1 amide bonds. The molecule has 0 radical (unpaired) electrons. The third-order valence-electron chi connectivity index (χ3n) is 4.01. The van der Waals surface area contributed by atoms with Gasteiger partial charge >= 0.3 is 0 Å². The number of aromatic nitrogens is 1. The first-order chi connectivity index (χ1) is 9.16. The number of carbonyl (C=O) groups excluding carboxylic acids is 1. The van der Waals surface area contributed by atoms with Gasteiger partial charge in [-0.3, -0.25) is 9.78 Å². The second-order valence-electron chi connectivity index (χ2n) is 5.11. The zero-order valence-corrected chi connectivity index (χ0v) is 10.7. The topological polar surface area (TPSA) is 62.5 Å². The smallest absolute Gasteiger partial charge is 0.222 e. The van der Waals surface area contributed by atoms with Crippen LogP contribution >= 0.6 is 0 Å². The molecule has 6 heteroatoms. The van der Waals surface area contributed by atoms with Gasteiger partial charge in [0, 0.05) is 32.1 Å². The van der Waals surface area contributed by atoms with Crippen molar-refractivity contribution in [2.45, 2.75) is 25.3 Å². The lowest BCUT2D eigenvalue weighted by atomic mass is 10.1. The molecule has 0 aliphatic carbocycles. The number of nitrogens with two attached hydrogens (primary N) is 1. The number of hydrogen-bond acceptors (Lipinski definition) is 4. The Bertz CT molecular complexity index is 487. The second kappa shape index (κ2) is 4.68. The SMILES string of the molecule is Nc1cncc(F)c1N1CC[C@@H]2CCC(=O)N2CC1. The molecular formula is C13H17FN4O. The number of rotatable bonds is 1. The van der Waals surface area contributed by atoms with Crippen LogP contribution in [0.2, 0.25) is 0 Å². The minimum atomic E-state index is -0.395. The maximum Gasteiger partial charge on any atom is 0.222 e. The Hall–Kier alpha value is -1.85. The normalized spacial score (nSPS) is 23.4. The summed E-state index contributed by atoms with van der Waals surface area (Å²) < 4.78 is 13.9. The van der Waals surface area contributed by atoms with Gasteiger partial charge in [0.1, 0.15) is 0 Å².